The third-order valence-corrected chi connectivity index (χ3v) is 7.96. The van der Waals surface area contributed by atoms with Gasteiger partial charge in [-0.05, 0) is 38.9 Å². The highest BCUT2D eigenvalue weighted by Gasteiger charge is 2.41. The summed E-state index contributed by atoms with van der Waals surface area (Å²) >= 11 is 1.27. The Morgan fingerprint density at radius 2 is 1.87 bits per heavy atom. The predicted molar refractivity (Wildman–Crippen MR) is 90.0 cm³/mol. The first-order valence-corrected chi connectivity index (χ1v) is 10.2. The zero-order valence-corrected chi connectivity index (χ0v) is 15.2. The van der Waals surface area contributed by atoms with Crippen LogP contribution in [0.4, 0.5) is 0 Å². The molecule has 0 saturated carbocycles. The van der Waals surface area contributed by atoms with Crippen molar-refractivity contribution in [3.8, 4) is 0 Å². The molecule has 8 heteroatoms. The van der Waals surface area contributed by atoms with E-state index in [1.807, 2.05) is 24.9 Å². The molecule has 1 atom stereocenters. The first-order valence-electron chi connectivity index (χ1n) is 7.95. The van der Waals surface area contributed by atoms with Crippen molar-refractivity contribution in [2.24, 2.45) is 0 Å². The van der Waals surface area contributed by atoms with E-state index in [-0.39, 0.29) is 5.91 Å². The summed E-state index contributed by atoms with van der Waals surface area (Å²) in [6, 6.07) is 2.92. The molecular weight excluding hydrogens is 334 g/mol. The van der Waals surface area contributed by atoms with Gasteiger partial charge in [-0.2, -0.15) is 4.31 Å². The summed E-state index contributed by atoms with van der Waals surface area (Å²) in [5.41, 5.74) is 0. The highest BCUT2D eigenvalue weighted by molar-refractivity contribution is 7.91. The number of rotatable bonds is 3. The van der Waals surface area contributed by atoms with E-state index in [9.17, 15) is 13.2 Å². The van der Waals surface area contributed by atoms with Crippen LogP contribution in [-0.2, 0) is 14.8 Å². The van der Waals surface area contributed by atoms with Gasteiger partial charge in [0.1, 0.15) is 10.3 Å². The molecule has 0 spiro atoms. The van der Waals surface area contributed by atoms with Gasteiger partial charge in [0.15, 0.2) is 0 Å². The van der Waals surface area contributed by atoms with Crippen LogP contribution in [0.3, 0.4) is 0 Å². The maximum absolute atomic E-state index is 12.9. The van der Waals surface area contributed by atoms with Crippen LogP contribution in [0.15, 0.2) is 16.3 Å². The number of likely N-dealkylation sites (N-methyl/N-ethyl adjacent to an activating group) is 1. The Morgan fingerprint density at radius 3 is 2.48 bits per heavy atom. The fraction of sp³-hybridized carbons (Fsp3) is 0.667. The normalized spacial score (nSPS) is 24.3. The predicted octanol–water partition coefficient (Wildman–Crippen LogP) is 0.984. The van der Waals surface area contributed by atoms with Gasteiger partial charge in [-0.15, -0.1) is 11.3 Å². The summed E-state index contributed by atoms with van der Waals surface area (Å²) in [6.07, 6.45) is 1.36. The van der Waals surface area contributed by atoms with Crippen molar-refractivity contribution in [1.82, 2.24) is 14.1 Å². The Hall–Kier alpha value is -0.960. The quantitative estimate of drug-likeness (QED) is 0.809. The van der Waals surface area contributed by atoms with Crippen LogP contribution < -0.4 is 0 Å². The summed E-state index contributed by atoms with van der Waals surface area (Å²) in [6.45, 7) is 5.37. The molecule has 1 amide bonds. The maximum atomic E-state index is 12.9. The number of carbonyl (C=O) groups excluding carboxylic acids is 1. The number of nitrogens with zero attached hydrogens (tertiary/aromatic N) is 3. The van der Waals surface area contributed by atoms with Crippen LogP contribution in [0.1, 0.15) is 17.7 Å². The molecule has 0 aliphatic carbocycles. The van der Waals surface area contributed by atoms with Crippen LogP contribution in [0, 0.1) is 6.92 Å². The van der Waals surface area contributed by atoms with Crippen molar-refractivity contribution < 1.29 is 13.2 Å². The molecule has 3 heterocycles. The zero-order chi connectivity index (χ0) is 16.6. The Morgan fingerprint density at radius 1 is 1.17 bits per heavy atom. The maximum Gasteiger partial charge on any atom is 0.253 e. The standard InChI is InChI=1S/C15H23N3O3S2/c1-12-5-6-14(22-12)23(20,21)18-7-3-4-13(18)15(19)17-10-8-16(2)9-11-17/h5-6,13H,3-4,7-11H2,1-2H3. The lowest BCUT2D eigenvalue weighted by Crippen LogP contribution is -2.53. The molecule has 1 aromatic heterocycles. The van der Waals surface area contributed by atoms with E-state index >= 15 is 0 Å². The molecule has 1 aromatic rings. The van der Waals surface area contributed by atoms with Crippen LogP contribution in [-0.4, -0.2) is 74.2 Å². The van der Waals surface area contributed by atoms with E-state index in [1.54, 1.807) is 6.07 Å². The second-order valence-electron chi connectivity index (χ2n) is 6.27. The smallest absolute Gasteiger partial charge is 0.253 e. The Balaban J connectivity index is 1.78. The Bertz CT molecular complexity index is 678. The SMILES string of the molecule is Cc1ccc(S(=O)(=O)N2CCCC2C(=O)N2CCN(C)CC2)s1. The lowest BCUT2D eigenvalue weighted by atomic mass is 10.2. The molecule has 0 aromatic carbocycles. The monoisotopic (exact) mass is 357 g/mol. The largest absolute Gasteiger partial charge is 0.339 e. The van der Waals surface area contributed by atoms with Crippen molar-refractivity contribution >= 4 is 27.3 Å². The molecular formula is C15H23N3O3S2. The number of thiophene rings is 1. The van der Waals surface area contributed by atoms with Gasteiger partial charge in [0.05, 0.1) is 0 Å². The van der Waals surface area contributed by atoms with E-state index in [1.165, 1.54) is 15.6 Å². The topological polar surface area (TPSA) is 60.9 Å². The first kappa shape index (κ1) is 16.9. The van der Waals surface area contributed by atoms with E-state index < -0.39 is 16.1 Å². The average molecular weight is 358 g/mol. The van der Waals surface area contributed by atoms with Crippen molar-refractivity contribution in [2.45, 2.75) is 30.0 Å². The molecule has 0 radical (unpaired) electrons. The molecule has 2 aliphatic rings. The molecule has 23 heavy (non-hydrogen) atoms. The number of hydrogen-bond donors (Lipinski definition) is 0. The third kappa shape index (κ3) is 3.31. The number of sulfonamides is 1. The first-order chi connectivity index (χ1) is 10.9. The van der Waals surface area contributed by atoms with Gasteiger partial charge < -0.3 is 9.80 Å². The molecule has 2 aliphatic heterocycles. The molecule has 6 nitrogen and oxygen atoms in total. The Labute approximate surface area is 141 Å². The second kappa shape index (κ2) is 6.51. The summed E-state index contributed by atoms with van der Waals surface area (Å²) in [5, 5.41) is 0. The highest BCUT2D eigenvalue weighted by atomic mass is 32.2. The number of piperazine rings is 1. The van der Waals surface area contributed by atoms with Gasteiger partial charge in [-0.1, -0.05) is 0 Å². The van der Waals surface area contributed by atoms with Gasteiger partial charge in [0.2, 0.25) is 5.91 Å². The lowest BCUT2D eigenvalue weighted by Gasteiger charge is -2.35. The minimum atomic E-state index is -3.57. The third-order valence-electron chi connectivity index (χ3n) is 4.58. The molecule has 2 saturated heterocycles. The van der Waals surface area contributed by atoms with Crippen LogP contribution in [0.5, 0.6) is 0 Å². The second-order valence-corrected chi connectivity index (χ2v) is 9.67. The van der Waals surface area contributed by atoms with Gasteiger partial charge >= 0.3 is 0 Å². The molecule has 1 unspecified atom stereocenters. The van der Waals surface area contributed by atoms with Gasteiger partial charge in [0.25, 0.3) is 10.0 Å². The number of hydrogen-bond acceptors (Lipinski definition) is 5. The average Bonchev–Trinajstić information content (AvgIpc) is 3.16. The number of aryl methyl sites for hydroxylation is 1. The number of amides is 1. The zero-order valence-electron chi connectivity index (χ0n) is 13.6. The van der Waals surface area contributed by atoms with E-state index in [0.29, 0.717) is 30.3 Å². The molecule has 3 rings (SSSR count). The molecule has 2 fully saturated rings. The van der Waals surface area contributed by atoms with Crippen molar-refractivity contribution in [3.63, 3.8) is 0 Å². The minimum Gasteiger partial charge on any atom is -0.339 e. The van der Waals surface area contributed by atoms with E-state index in [0.717, 1.165) is 24.4 Å². The van der Waals surface area contributed by atoms with Crippen molar-refractivity contribution in [1.29, 1.82) is 0 Å². The van der Waals surface area contributed by atoms with Crippen molar-refractivity contribution in [2.75, 3.05) is 39.8 Å². The highest BCUT2D eigenvalue weighted by Crippen LogP contribution is 2.31. The Kier molecular flexibility index (Phi) is 4.78. The summed E-state index contributed by atoms with van der Waals surface area (Å²) in [4.78, 5) is 17.8. The lowest BCUT2D eigenvalue weighted by molar-refractivity contribution is -0.136. The fourth-order valence-corrected chi connectivity index (χ4v) is 6.24. The summed E-state index contributed by atoms with van der Waals surface area (Å²) < 4.78 is 27.5. The number of carbonyl (C=O) groups is 1. The summed E-state index contributed by atoms with van der Waals surface area (Å²) in [7, 11) is -1.53. The summed E-state index contributed by atoms with van der Waals surface area (Å²) in [5.74, 6) is -0.0348. The van der Waals surface area contributed by atoms with Crippen molar-refractivity contribution in [3.05, 3.63) is 17.0 Å². The minimum absolute atomic E-state index is 0.0348. The fourth-order valence-electron chi connectivity index (χ4n) is 3.18. The van der Waals surface area contributed by atoms with Crippen LogP contribution >= 0.6 is 11.3 Å². The van der Waals surface area contributed by atoms with Gasteiger partial charge in [0, 0.05) is 37.6 Å². The molecule has 0 N–H and O–H groups in total. The van der Waals surface area contributed by atoms with Gasteiger partial charge in [-0.3, -0.25) is 4.79 Å². The molecule has 128 valence electrons. The van der Waals surface area contributed by atoms with Gasteiger partial charge in [-0.25, -0.2) is 8.42 Å². The van der Waals surface area contributed by atoms with E-state index in [2.05, 4.69) is 4.90 Å². The molecule has 0 bridgehead atoms. The van der Waals surface area contributed by atoms with Crippen LogP contribution in [0.25, 0.3) is 0 Å². The van der Waals surface area contributed by atoms with Crippen LogP contribution in [0.2, 0.25) is 0 Å². The van der Waals surface area contributed by atoms with E-state index in [4.69, 9.17) is 0 Å².